The van der Waals surface area contributed by atoms with E-state index in [0.29, 0.717) is 19.1 Å². The number of rotatable bonds is 2. The highest BCUT2D eigenvalue weighted by Crippen LogP contribution is 2.39. The number of phenols is 1. The minimum atomic E-state index is -4.57. The number of alkyl halides is 3. The maximum Gasteiger partial charge on any atom is 0.416 e. The van der Waals surface area contributed by atoms with E-state index in [1.165, 1.54) is 17.1 Å². The van der Waals surface area contributed by atoms with Crippen molar-refractivity contribution in [3.05, 3.63) is 46.6 Å². The number of hydrogen-bond acceptors (Lipinski definition) is 5. The number of halogens is 3. The van der Waals surface area contributed by atoms with Gasteiger partial charge in [0.05, 0.1) is 35.7 Å². The molecular weight excluding hydrogens is 363 g/mol. The van der Waals surface area contributed by atoms with E-state index in [9.17, 15) is 23.1 Å². The molecule has 0 saturated carbocycles. The molecule has 2 saturated heterocycles. The van der Waals surface area contributed by atoms with Gasteiger partial charge in [-0.05, 0) is 25.2 Å². The summed E-state index contributed by atoms with van der Waals surface area (Å²) >= 11 is 0. The minimum Gasteiger partial charge on any atom is -0.507 e. The van der Waals surface area contributed by atoms with Crippen molar-refractivity contribution in [3.8, 4) is 16.9 Å². The van der Waals surface area contributed by atoms with Crippen LogP contribution in [0.2, 0.25) is 0 Å². The van der Waals surface area contributed by atoms with Crippen molar-refractivity contribution in [2.24, 2.45) is 0 Å². The second-order valence-corrected chi connectivity index (χ2v) is 7.27. The fraction of sp³-hybridized carbons (Fsp3) is 0.444. The van der Waals surface area contributed by atoms with E-state index >= 15 is 0 Å². The summed E-state index contributed by atoms with van der Waals surface area (Å²) in [7, 11) is 1.99. The summed E-state index contributed by atoms with van der Waals surface area (Å²) < 4.78 is 45.7. The van der Waals surface area contributed by atoms with Gasteiger partial charge in [0, 0.05) is 31.3 Å². The lowest BCUT2D eigenvalue weighted by atomic mass is 9.90. The Morgan fingerprint density at radius 3 is 2.67 bits per heavy atom. The fourth-order valence-electron chi connectivity index (χ4n) is 3.96. The maximum absolute atomic E-state index is 12.9. The summed E-state index contributed by atoms with van der Waals surface area (Å²) in [4.78, 5) is 19.1. The molecule has 2 aliphatic heterocycles. The first kappa shape index (κ1) is 18.0. The van der Waals surface area contributed by atoms with Gasteiger partial charge in [0.15, 0.2) is 0 Å². The Morgan fingerprint density at radius 1 is 1.30 bits per heavy atom. The van der Waals surface area contributed by atoms with E-state index in [0.717, 1.165) is 25.2 Å². The highest BCUT2D eigenvalue weighted by atomic mass is 19.4. The highest BCUT2D eigenvalue weighted by Gasteiger charge is 2.49. The Kier molecular flexibility index (Phi) is 4.04. The summed E-state index contributed by atoms with van der Waals surface area (Å²) in [6.07, 6.45) is -1.25. The number of phenolic OH excluding ortho intramolecular Hbond substituents is 1. The van der Waals surface area contributed by atoms with E-state index < -0.39 is 23.0 Å². The summed E-state index contributed by atoms with van der Waals surface area (Å²) in [5.74, 6) is -0.610. The Labute approximate surface area is 152 Å². The number of ether oxygens (including phenoxy) is 1. The van der Waals surface area contributed by atoms with Crippen molar-refractivity contribution >= 4 is 0 Å². The zero-order valence-corrected chi connectivity index (χ0v) is 14.5. The number of likely N-dealkylation sites (tertiary alicyclic amines) is 1. The van der Waals surface area contributed by atoms with Crippen molar-refractivity contribution in [1.29, 1.82) is 0 Å². The van der Waals surface area contributed by atoms with Crippen LogP contribution in [0, 0.1) is 0 Å². The molecule has 1 N–H and O–H groups in total. The molecule has 0 unspecified atom stereocenters. The fourth-order valence-corrected chi connectivity index (χ4v) is 3.96. The molecule has 2 fully saturated rings. The van der Waals surface area contributed by atoms with Crippen LogP contribution in [0.4, 0.5) is 13.2 Å². The van der Waals surface area contributed by atoms with Gasteiger partial charge in [0.25, 0.3) is 5.56 Å². The molecule has 2 aliphatic rings. The molecular formula is C18H18F3N3O3. The van der Waals surface area contributed by atoms with Crippen molar-refractivity contribution in [1.82, 2.24) is 14.5 Å². The first-order valence-electron chi connectivity index (χ1n) is 8.48. The molecule has 2 aromatic rings. The molecule has 6 nitrogen and oxygen atoms in total. The zero-order valence-electron chi connectivity index (χ0n) is 14.5. The van der Waals surface area contributed by atoms with E-state index in [1.54, 1.807) is 0 Å². The van der Waals surface area contributed by atoms with Crippen LogP contribution in [-0.2, 0) is 10.9 Å². The van der Waals surface area contributed by atoms with Crippen molar-refractivity contribution in [2.45, 2.75) is 24.2 Å². The van der Waals surface area contributed by atoms with Gasteiger partial charge in [-0.15, -0.1) is 0 Å². The second-order valence-electron chi connectivity index (χ2n) is 7.27. The number of likely N-dealkylation sites (N-methyl/N-ethyl adjacent to an activating group) is 1. The quantitative estimate of drug-likeness (QED) is 0.865. The van der Waals surface area contributed by atoms with Gasteiger partial charge in [-0.1, -0.05) is 0 Å². The van der Waals surface area contributed by atoms with E-state index in [4.69, 9.17) is 4.74 Å². The Morgan fingerprint density at radius 2 is 2.04 bits per heavy atom. The standard InChI is InChI=1S/C18H18F3N3O3/c1-23-8-17(9-23)5-12(7-27-17)24-10-22-6-14(16(24)26)13-3-2-11(4-15(13)25)18(19,20)21/h2-4,6,10,12,25H,5,7-9H2,1H3/t12-/m1/s1. The van der Waals surface area contributed by atoms with Crippen LogP contribution in [0.5, 0.6) is 5.75 Å². The molecule has 0 aliphatic carbocycles. The summed E-state index contributed by atoms with van der Waals surface area (Å²) in [6, 6.07) is 2.34. The van der Waals surface area contributed by atoms with Crippen molar-refractivity contribution in [2.75, 3.05) is 26.7 Å². The van der Waals surface area contributed by atoms with Crippen LogP contribution < -0.4 is 5.56 Å². The van der Waals surface area contributed by atoms with Crippen LogP contribution in [0.3, 0.4) is 0 Å². The van der Waals surface area contributed by atoms with Crippen LogP contribution in [-0.4, -0.2) is 51.9 Å². The second kappa shape index (κ2) is 6.07. The minimum absolute atomic E-state index is 0.0202. The van der Waals surface area contributed by atoms with E-state index in [-0.39, 0.29) is 22.8 Å². The number of hydrogen-bond donors (Lipinski definition) is 1. The molecule has 3 heterocycles. The molecule has 0 bridgehead atoms. The van der Waals surface area contributed by atoms with Gasteiger partial charge in [-0.2, -0.15) is 13.2 Å². The van der Waals surface area contributed by atoms with Crippen LogP contribution in [0.15, 0.2) is 35.5 Å². The average Bonchev–Trinajstić information content (AvgIpc) is 2.99. The smallest absolute Gasteiger partial charge is 0.416 e. The third-order valence-corrected chi connectivity index (χ3v) is 5.17. The van der Waals surface area contributed by atoms with Gasteiger partial charge in [0.2, 0.25) is 0 Å². The molecule has 1 aromatic carbocycles. The number of aromatic hydroxyl groups is 1. The van der Waals surface area contributed by atoms with Crippen LogP contribution in [0.1, 0.15) is 18.0 Å². The monoisotopic (exact) mass is 381 g/mol. The molecule has 27 heavy (non-hydrogen) atoms. The van der Waals surface area contributed by atoms with Crippen molar-refractivity contribution < 1.29 is 23.0 Å². The van der Waals surface area contributed by atoms with Crippen LogP contribution >= 0.6 is 0 Å². The molecule has 0 amide bonds. The molecule has 1 spiro atoms. The first-order valence-corrected chi connectivity index (χ1v) is 8.48. The molecule has 9 heteroatoms. The maximum atomic E-state index is 12.9. The van der Waals surface area contributed by atoms with Gasteiger partial charge in [-0.3, -0.25) is 9.36 Å². The normalized spacial score (nSPS) is 22.1. The third-order valence-electron chi connectivity index (χ3n) is 5.17. The number of benzene rings is 1. The predicted octanol–water partition coefficient (Wildman–Crippen LogP) is 2.28. The van der Waals surface area contributed by atoms with E-state index in [2.05, 4.69) is 9.88 Å². The summed E-state index contributed by atoms with van der Waals surface area (Å²) in [5.41, 5.74) is -1.57. The van der Waals surface area contributed by atoms with Gasteiger partial charge in [-0.25, -0.2) is 4.98 Å². The first-order chi connectivity index (χ1) is 12.7. The zero-order chi connectivity index (χ0) is 19.4. The number of aromatic nitrogens is 2. The molecule has 1 atom stereocenters. The van der Waals surface area contributed by atoms with Crippen molar-refractivity contribution in [3.63, 3.8) is 0 Å². The van der Waals surface area contributed by atoms with Gasteiger partial charge in [0.1, 0.15) is 5.75 Å². The lowest BCUT2D eigenvalue weighted by Crippen LogP contribution is -2.59. The lowest BCUT2D eigenvalue weighted by Gasteiger charge is -2.45. The molecule has 144 valence electrons. The topological polar surface area (TPSA) is 67.6 Å². The average molecular weight is 381 g/mol. The SMILES string of the molecule is CN1CC2(C[C@@H](n3cncc(-c4ccc(C(F)(F)F)cc4O)c3=O)CO2)C1. The number of nitrogens with zero attached hydrogens (tertiary/aromatic N) is 3. The highest BCUT2D eigenvalue weighted by molar-refractivity contribution is 5.69. The third kappa shape index (κ3) is 3.10. The molecule has 0 radical (unpaired) electrons. The Bertz CT molecular complexity index is 935. The Hall–Kier alpha value is -2.39. The molecule has 4 rings (SSSR count). The predicted molar refractivity (Wildman–Crippen MR) is 90.4 cm³/mol. The summed E-state index contributed by atoms with van der Waals surface area (Å²) in [6.45, 7) is 1.97. The Balaban J connectivity index is 1.66. The van der Waals surface area contributed by atoms with Crippen LogP contribution in [0.25, 0.3) is 11.1 Å². The van der Waals surface area contributed by atoms with Gasteiger partial charge >= 0.3 is 6.18 Å². The largest absolute Gasteiger partial charge is 0.507 e. The molecule has 1 aromatic heterocycles. The van der Waals surface area contributed by atoms with E-state index in [1.807, 2.05) is 7.05 Å². The lowest BCUT2D eigenvalue weighted by molar-refractivity contribution is -0.137. The summed E-state index contributed by atoms with van der Waals surface area (Å²) in [5, 5.41) is 10.0. The van der Waals surface area contributed by atoms with Gasteiger partial charge < -0.3 is 14.7 Å².